The first-order chi connectivity index (χ1) is 12.3. The number of carbonyl (C=O) groups excluding carboxylic acids is 2. The second-order valence-corrected chi connectivity index (χ2v) is 6.81. The third-order valence-corrected chi connectivity index (χ3v) is 5.04. The lowest BCUT2D eigenvalue weighted by atomic mass is 9.87. The average molecular weight is 379 g/mol. The molecule has 1 fully saturated rings. The molecule has 2 aromatic rings. The Balaban J connectivity index is 1.91. The van der Waals surface area contributed by atoms with Gasteiger partial charge in [0.15, 0.2) is 11.6 Å². The van der Waals surface area contributed by atoms with Crippen molar-refractivity contribution in [1.82, 2.24) is 4.90 Å². The summed E-state index contributed by atoms with van der Waals surface area (Å²) in [4.78, 5) is 26.6. The Bertz CT molecular complexity index is 888. The van der Waals surface area contributed by atoms with Crippen molar-refractivity contribution in [3.63, 3.8) is 0 Å². The van der Waals surface area contributed by atoms with Gasteiger partial charge in [0.25, 0.3) is 0 Å². The molecule has 0 spiro atoms. The van der Waals surface area contributed by atoms with E-state index < -0.39 is 29.4 Å². The van der Waals surface area contributed by atoms with Gasteiger partial charge >= 0.3 is 0 Å². The van der Waals surface area contributed by atoms with Crippen LogP contribution in [0.1, 0.15) is 17.0 Å². The van der Waals surface area contributed by atoms with Crippen LogP contribution in [0.5, 0.6) is 0 Å². The Kier molecular flexibility index (Phi) is 4.96. The minimum Gasteiger partial charge on any atom is -0.344 e. The molecule has 3 rings (SSSR count). The van der Waals surface area contributed by atoms with Crippen LogP contribution in [0.25, 0.3) is 0 Å². The van der Waals surface area contributed by atoms with Gasteiger partial charge in [0.2, 0.25) is 11.8 Å². The van der Waals surface area contributed by atoms with Crippen LogP contribution in [0, 0.1) is 24.5 Å². The zero-order valence-corrected chi connectivity index (χ0v) is 15.0. The van der Waals surface area contributed by atoms with Gasteiger partial charge in [-0.2, -0.15) is 0 Å². The molecule has 1 saturated heterocycles. The molecule has 1 aliphatic heterocycles. The quantitative estimate of drug-likeness (QED) is 0.827. The van der Waals surface area contributed by atoms with E-state index in [-0.39, 0.29) is 11.6 Å². The van der Waals surface area contributed by atoms with Gasteiger partial charge in [0.05, 0.1) is 5.69 Å². The smallest absolute Gasteiger partial charge is 0.237 e. The van der Waals surface area contributed by atoms with E-state index in [1.54, 1.807) is 13.1 Å². The van der Waals surface area contributed by atoms with Crippen LogP contribution in [-0.4, -0.2) is 30.3 Å². The number of likely N-dealkylation sites (tertiary alicyclic amines) is 1. The number of halogens is 3. The Morgan fingerprint density at radius 3 is 2.69 bits per heavy atom. The second kappa shape index (κ2) is 7.03. The highest BCUT2D eigenvalue weighted by Gasteiger charge is 2.44. The summed E-state index contributed by atoms with van der Waals surface area (Å²) in [5.41, 5.74) is 1.34. The minimum atomic E-state index is -1.16. The monoisotopic (exact) mass is 378 g/mol. The molecule has 0 radical (unpaired) electrons. The second-order valence-electron chi connectivity index (χ2n) is 6.40. The SMILES string of the molecule is Cc1ccc([C@H]2CN(C)C(=O)[C@@H]2C(=O)Nc2cccc(F)c2F)cc1Cl. The third kappa shape index (κ3) is 3.29. The molecule has 1 aliphatic rings. The maximum absolute atomic E-state index is 13.8. The van der Waals surface area contributed by atoms with Gasteiger partial charge in [-0.05, 0) is 36.2 Å². The molecular formula is C19H17ClF2N2O2. The van der Waals surface area contributed by atoms with E-state index >= 15 is 0 Å². The summed E-state index contributed by atoms with van der Waals surface area (Å²) in [5.74, 6) is -4.75. The van der Waals surface area contributed by atoms with Gasteiger partial charge in [0, 0.05) is 24.5 Å². The van der Waals surface area contributed by atoms with E-state index in [9.17, 15) is 18.4 Å². The molecular weight excluding hydrogens is 362 g/mol. The van der Waals surface area contributed by atoms with Crippen molar-refractivity contribution >= 4 is 29.1 Å². The first kappa shape index (κ1) is 18.3. The largest absolute Gasteiger partial charge is 0.344 e. The van der Waals surface area contributed by atoms with E-state index in [1.165, 1.54) is 17.0 Å². The predicted octanol–water partition coefficient (Wildman–Crippen LogP) is 3.74. The predicted molar refractivity (Wildman–Crippen MR) is 95.0 cm³/mol. The summed E-state index contributed by atoms with van der Waals surface area (Å²) in [6.45, 7) is 2.19. The van der Waals surface area contributed by atoms with E-state index in [0.717, 1.165) is 17.2 Å². The molecule has 2 aromatic carbocycles. The zero-order chi connectivity index (χ0) is 19.0. The van der Waals surface area contributed by atoms with Crippen molar-refractivity contribution in [3.8, 4) is 0 Å². The van der Waals surface area contributed by atoms with Gasteiger partial charge in [-0.25, -0.2) is 8.78 Å². The number of nitrogens with zero attached hydrogens (tertiary/aromatic N) is 1. The lowest BCUT2D eigenvalue weighted by Crippen LogP contribution is -2.33. The lowest BCUT2D eigenvalue weighted by molar-refractivity contribution is -0.135. The summed E-state index contributed by atoms with van der Waals surface area (Å²) >= 11 is 6.17. The Hall–Kier alpha value is -2.47. The minimum absolute atomic E-state index is 0.293. The number of benzene rings is 2. The number of nitrogens with one attached hydrogen (secondary N) is 1. The first-order valence-electron chi connectivity index (χ1n) is 8.05. The Labute approximate surface area is 154 Å². The van der Waals surface area contributed by atoms with Crippen molar-refractivity contribution in [3.05, 3.63) is 64.2 Å². The highest BCUT2D eigenvalue weighted by Crippen LogP contribution is 2.35. The van der Waals surface area contributed by atoms with Crippen molar-refractivity contribution in [2.45, 2.75) is 12.8 Å². The standard InChI is InChI=1S/C19H17ClF2N2O2/c1-10-6-7-11(8-13(10)20)12-9-24(2)19(26)16(12)18(25)23-15-5-3-4-14(21)17(15)22/h3-8,12,16H,9H2,1-2H3,(H,23,25)/t12-,16+/m1/s1. The average Bonchev–Trinajstić information content (AvgIpc) is 2.89. The molecule has 0 unspecified atom stereocenters. The summed E-state index contributed by atoms with van der Waals surface area (Å²) in [6.07, 6.45) is 0. The fourth-order valence-electron chi connectivity index (χ4n) is 3.14. The van der Waals surface area contributed by atoms with Crippen LogP contribution in [0.2, 0.25) is 5.02 Å². The maximum atomic E-state index is 13.8. The summed E-state index contributed by atoms with van der Waals surface area (Å²) in [6, 6.07) is 8.86. The fourth-order valence-corrected chi connectivity index (χ4v) is 3.33. The first-order valence-corrected chi connectivity index (χ1v) is 8.43. The molecule has 7 heteroatoms. The van der Waals surface area contributed by atoms with E-state index in [0.29, 0.717) is 11.6 Å². The molecule has 26 heavy (non-hydrogen) atoms. The molecule has 2 atom stereocenters. The molecule has 0 aliphatic carbocycles. The number of hydrogen-bond acceptors (Lipinski definition) is 2. The molecule has 0 aromatic heterocycles. The van der Waals surface area contributed by atoms with E-state index in [1.807, 2.05) is 19.1 Å². The number of anilines is 1. The van der Waals surface area contributed by atoms with Gasteiger partial charge in [0.1, 0.15) is 5.92 Å². The number of aryl methyl sites for hydroxylation is 1. The number of likely N-dealkylation sites (N-methyl/N-ethyl adjacent to an activating group) is 1. The molecule has 2 amide bonds. The number of carbonyl (C=O) groups is 2. The highest BCUT2D eigenvalue weighted by molar-refractivity contribution is 6.31. The van der Waals surface area contributed by atoms with Gasteiger partial charge < -0.3 is 10.2 Å². The third-order valence-electron chi connectivity index (χ3n) is 4.63. The molecule has 0 saturated carbocycles. The van der Waals surface area contributed by atoms with Gasteiger partial charge in [-0.3, -0.25) is 9.59 Å². The van der Waals surface area contributed by atoms with Crippen LogP contribution < -0.4 is 5.32 Å². The normalized spacial score (nSPS) is 19.7. The van der Waals surface area contributed by atoms with E-state index in [4.69, 9.17) is 11.6 Å². The lowest BCUT2D eigenvalue weighted by Gasteiger charge is -2.18. The fraction of sp³-hybridized carbons (Fsp3) is 0.263. The van der Waals surface area contributed by atoms with Crippen molar-refractivity contribution in [1.29, 1.82) is 0 Å². The number of rotatable bonds is 3. The highest BCUT2D eigenvalue weighted by atomic mass is 35.5. The van der Waals surface area contributed by atoms with Crippen LogP contribution in [0.15, 0.2) is 36.4 Å². The Morgan fingerprint density at radius 2 is 2.00 bits per heavy atom. The van der Waals surface area contributed by atoms with Crippen LogP contribution in [0.3, 0.4) is 0 Å². The van der Waals surface area contributed by atoms with Crippen molar-refractivity contribution in [2.24, 2.45) is 5.92 Å². The number of hydrogen-bond donors (Lipinski definition) is 1. The number of amides is 2. The molecule has 0 bridgehead atoms. The molecule has 4 nitrogen and oxygen atoms in total. The van der Waals surface area contributed by atoms with Crippen molar-refractivity contribution < 1.29 is 18.4 Å². The molecule has 1 heterocycles. The van der Waals surface area contributed by atoms with Gasteiger partial charge in [-0.1, -0.05) is 29.8 Å². The van der Waals surface area contributed by atoms with E-state index in [2.05, 4.69) is 5.32 Å². The maximum Gasteiger partial charge on any atom is 0.237 e. The molecule has 136 valence electrons. The Morgan fingerprint density at radius 1 is 1.27 bits per heavy atom. The van der Waals surface area contributed by atoms with Crippen LogP contribution in [0.4, 0.5) is 14.5 Å². The summed E-state index contributed by atoms with van der Waals surface area (Å²) in [5, 5.41) is 2.88. The van der Waals surface area contributed by atoms with Crippen LogP contribution >= 0.6 is 11.6 Å². The topological polar surface area (TPSA) is 49.4 Å². The van der Waals surface area contributed by atoms with Crippen molar-refractivity contribution in [2.75, 3.05) is 18.9 Å². The van der Waals surface area contributed by atoms with Crippen LogP contribution in [-0.2, 0) is 9.59 Å². The zero-order valence-electron chi connectivity index (χ0n) is 14.2. The summed E-state index contributed by atoms with van der Waals surface area (Å²) in [7, 11) is 1.60. The van der Waals surface area contributed by atoms with Gasteiger partial charge in [-0.15, -0.1) is 0 Å². The molecule has 1 N–H and O–H groups in total. The summed E-state index contributed by atoms with van der Waals surface area (Å²) < 4.78 is 27.2.